The van der Waals surface area contributed by atoms with Crippen LogP contribution in [0.1, 0.15) is 26.2 Å². The summed E-state index contributed by atoms with van der Waals surface area (Å²) in [5.74, 6) is 0. The Hall–Kier alpha value is -0.320. The van der Waals surface area contributed by atoms with Gasteiger partial charge in [-0.15, -0.1) is 11.3 Å². The lowest BCUT2D eigenvalue weighted by atomic mass is 10.1. The van der Waals surface area contributed by atoms with Gasteiger partial charge in [-0.1, -0.05) is 18.0 Å². The molecule has 0 radical (unpaired) electrons. The molecule has 16 heavy (non-hydrogen) atoms. The average Bonchev–Trinajstić information content (AvgIpc) is 2.73. The normalized spacial score (nSPS) is 19.6. The van der Waals surface area contributed by atoms with Crippen molar-refractivity contribution >= 4 is 28.1 Å². The van der Waals surface area contributed by atoms with Gasteiger partial charge in [0.05, 0.1) is 0 Å². The van der Waals surface area contributed by atoms with Crippen molar-refractivity contribution in [2.75, 3.05) is 25.0 Å². The van der Waals surface area contributed by atoms with Crippen LogP contribution in [-0.2, 0) is 0 Å². The predicted molar refractivity (Wildman–Crippen MR) is 70.5 cm³/mol. The van der Waals surface area contributed by atoms with Crippen LogP contribution in [0.2, 0.25) is 5.15 Å². The highest BCUT2D eigenvalue weighted by Crippen LogP contribution is 2.19. The molecule has 0 saturated carbocycles. The fourth-order valence-electron chi connectivity index (χ4n) is 2.06. The van der Waals surface area contributed by atoms with Crippen molar-refractivity contribution in [3.05, 3.63) is 10.5 Å². The molecule has 1 N–H and O–H groups in total. The summed E-state index contributed by atoms with van der Waals surface area (Å²) in [4.78, 5) is 6.73. The third kappa shape index (κ3) is 3.34. The third-order valence-corrected chi connectivity index (χ3v) is 4.16. The molecule has 1 aliphatic heterocycles. The standard InChI is InChI=1S/C11H18ClN3S/c1-9(15-5-3-2-4-6-15)7-13-11-14-10(12)8-16-11/h8-9H,2-7H2,1H3,(H,13,14). The molecule has 3 nitrogen and oxygen atoms in total. The zero-order valence-electron chi connectivity index (χ0n) is 9.58. The number of rotatable bonds is 4. The Balaban J connectivity index is 1.76. The van der Waals surface area contributed by atoms with Gasteiger partial charge < -0.3 is 5.32 Å². The maximum Gasteiger partial charge on any atom is 0.184 e. The van der Waals surface area contributed by atoms with Gasteiger partial charge in [0.15, 0.2) is 5.13 Å². The maximum absolute atomic E-state index is 5.77. The van der Waals surface area contributed by atoms with Crippen molar-refractivity contribution in [3.8, 4) is 0 Å². The van der Waals surface area contributed by atoms with E-state index in [4.69, 9.17) is 11.6 Å². The van der Waals surface area contributed by atoms with Gasteiger partial charge in [0, 0.05) is 18.0 Å². The molecule has 1 saturated heterocycles. The zero-order chi connectivity index (χ0) is 11.4. The molecule has 2 heterocycles. The molecule has 2 rings (SSSR count). The van der Waals surface area contributed by atoms with Crippen LogP contribution in [0.25, 0.3) is 0 Å². The summed E-state index contributed by atoms with van der Waals surface area (Å²) in [5.41, 5.74) is 0. The van der Waals surface area contributed by atoms with E-state index in [1.54, 1.807) is 11.3 Å². The first-order valence-corrected chi connectivity index (χ1v) is 7.10. The number of aromatic nitrogens is 1. The molecule has 1 aromatic rings. The third-order valence-electron chi connectivity index (χ3n) is 3.04. The Morgan fingerprint density at radius 2 is 2.25 bits per heavy atom. The minimum atomic E-state index is 0.572. The molecule has 1 aromatic heterocycles. The Morgan fingerprint density at radius 1 is 1.50 bits per heavy atom. The lowest BCUT2D eigenvalue weighted by Gasteiger charge is -2.32. The van der Waals surface area contributed by atoms with E-state index >= 15 is 0 Å². The van der Waals surface area contributed by atoms with Crippen LogP contribution in [0, 0.1) is 0 Å². The molecule has 1 atom stereocenters. The highest BCUT2D eigenvalue weighted by atomic mass is 35.5. The fraction of sp³-hybridized carbons (Fsp3) is 0.727. The fourth-order valence-corrected chi connectivity index (χ4v) is 2.91. The van der Waals surface area contributed by atoms with Crippen molar-refractivity contribution < 1.29 is 0 Å². The number of piperidine rings is 1. The second-order valence-corrected chi connectivity index (χ2v) is 5.55. The van der Waals surface area contributed by atoms with Crippen molar-refractivity contribution in [3.63, 3.8) is 0 Å². The van der Waals surface area contributed by atoms with Crippen LogP contribution >= 0.6 is 22.9 Å². The van der Waals surface area contributed by atoms with Crippen molar-refractivity contribution in [2.24, 2.45) is 0 Å². The SMILES string of the molecule is CC(CNc1nc(Cl)cs1)N1CCCCC1. The Morgan fingerprint density at radius 3 is 2.88 bits per heavy atom. The lowest BCUT2D eigenvalue weighted by Crippen LogP contribution is -2.41. The smallest absolute Gasteiger partial charge is 0.184 e. The Bertz CT molecular complexity index is 323. The Labute approximate surface area is 106 Å². The summed E-state index contributed by atoms with van der Waals surface area (Å²) in [6, 6.07) is 0.572. The van der Waals surface area contributed by atoms with Crippen LogP contribution in [0.4, 0.5) is 5.13 Å². The van der Waals surface area contributed by atoms with Crippen molar-refractivity contribution in [1.82, 2.24) is 9.88 Å². The number of thiazole rings is 1. The number of nitrogens with one attached hydrogen (secondary N) is 1. The molecule has 5 heteroatoms. The molecule has 0 amide bonds. The molecule has 0 bridgehead atoms. The maximum atomic E-state index is 5.77. The summed E-state index contributed by atoms with van der Waals surface area (Å²) in [6.45, 7) is 5.69. The van der Waals surface area contributed by atoms with E-state index in [1.165, 1.54) is 32.4 Å². The van der Waals surface area contributed by atoms with Crippen LogP contribution in [0.15, 0.2) is 5.38 Å². The van der Waals surface area contributed by atoms with E-state index in [2.05, 4.69) is 22.1 Å². The first-order valence-electron chi connectivity index (χ1n) is 5.84. The predicted octanol–water partition coefficient (Wildman–Crippen LogP) is 3.08. The summed E-state index contributed by atoms with van der Waals surface area (Å²) >= 11 is 7.34. The van der Waals surface area contributed by atoms with Gasteiger partial charge in [-0.05, 0) is 32.9 Å². The molecular formula is C11H18ClN3S. The topological polar surface area (TPSA) is 28.2 Å². The first kappa shape index (κ1) is 12.1. The van der Waals surface area contributed by atoms with Gasteiger partial charge in [0.2, 0.25) is 0 Å². The summed E-state index contributed by atoms with van der Waals surface area (Å²) < 4.78 is 0. The van der Waals surface area contributed by atoms with E-state index < -0.39 is 0 Å². The molecule has 1 fully saturated rings. The van der Waals surface area contributed by atoms with Gasteiger partial charge in [-0.3, -0.25) is 4.90 Å². The number of hydrogen-bond acceptors (Lipinski definition) is 4. The van der Waals surface area contributed by atoms with Gasteiger partial charge in [0.1, 0.15) is 5.15 Å². The van der Waals surface area contributed by atoms with Crippen LogP contribution in [-0.4, -0.2) is 35.6 Å². The molecule has 1 unspecified atom stereocenters. The quantitative estimate of drug-likeness (QED) is 0.901. The second kappa shape index (κ2) is 5.84. The monoisotopic (exact) mass is 259 g/mol. The highest BCUT2D eigenvalue weighted by Gasteiger charge is 2.16. The average molecular weight is 260 g/mol. The summed E-state index contributed by atoms with van der Waals surface area (Å²) in [5, 5.41) is 6.71. The van der Waals surface area contributed by atoms with Gasteiger partial charge in [-0.2, -0.15) is 0 Å². The zero-order valence-corrected chi connectivity index (χ0v) is 11.2. The van der Waals surface area contributed by atoms with Gasteiger partial charge in [0.25, 0.3) is 0 Å². The number of nitrogens with zero attached hydrogens (tertiary/aromatic N) is 2. The highest BCUT2D eigenvalue weighted by molar-refractivity contribution is 7.14. The number of halogens is 1. The van der Waals surface area contributed by atoms with Crippen molar-refractivity contribution in [1.29, 1.82) is 0 Å². The number of hydrogen-bond donors (Lipinski definition) is 1. The van der Waals surface area contributed by atoms with Gasteiger partial charge >= 0.3 is 0 Å². The van der Waals surface area contributed by atoms with Crippen LogP contribution in [0.3, 0.4) is 0 Å². The van der Waals surface area contributed by atoms with Crippen molar-refractivity contribution in [2.45, 2.75) is 32.2 Å². The molecule has 90 valence electrons. The minimum Gasteiger partial charge on any atom is -0.360 e. The van der Waals surface area contributed by atoms with Crippen LogP contribution < -0.4 is 5.32 Å². The molecule has 0 aromatic carbocycles. The molecular weight excluding hydrogens is 242 g/mol. The largest absolute Gasteiger partial charge is 0.360 e. The van der Waals surface area contributed by atoms with E-state index in [9.17, 15) is 0 Å². The number of likely N-dealkylation sites (tertiary alicyclic amines) is 1. The van der Waals surface area contributed by atoms with E-state index in [1.807, 2.05) is 5.38 Å². The second-order valence-electron chi connectivity index (χ2n) is 4.30. The number of anilines is 1. The van der Waals surface area contributed by atoms with Gasteiger partial charge in [-0.25, -0.2) is 4.98 Å². The van der Waals surface area contributed by atoms with E-state index in [-0.39, 0.29) is 0 Å². The minimum absolute atomic E-state index is 0.572. The van der Waals surface area contributed by atoms with E-state index in [0.717, 1.165) is 11.7 Å². The summed E-state index contributed by atoms with van der Waals surface area (Å²) in [7, 11) is 0. The summed E-state index contributed by atoms with van der Waals surface area (Å²) in [6.07, 6.45) is 4.07. The molecule has 0 spiro atoms. The first-order chi connectivity index (χ1) is 7.75. The molecule has 1 aliphatic rings. The van der Waals surface area contributed by atoms with Crippen LogP contribution in [0.5, 0.6) is 0 Å². The lowest BCUT2D eigenvalue weighted by molar-refractivity contribution is 0.180. The molecule has 0 aliphatic carbocycles. The van der Waals surface area contributed by atoms with E-state index in [0.29, 0.717) is 11.2 Å². The Kier molecular flexibility index (Phi) is 4.44.